The highest BCUT2D eigenvalue weighted by molar-refractivity contribution is 5.83. The summed E-state index contributed by atoms with van der Waals surface area (Å²) in [4.78, 5) is 13.1. The average molecular weight is 355 g/mol. The Morgan fingerprint density at radius 1 is 1.23 bits per heavy atom. The number of nitrogens with one attached hydrogen (secondary N) is 1. The van der Waals surface area contributed by atoms with E-state index in [4.69, 9.17) is 11.2 Å². The van der Waals surface area contributed by atoms with Crippen molar-refractivity contribution in [3.63, 3.8) is 0 Å². The fraction of sp³-hybridized carbons (Fsp3) is 0.611. The zero-order chi connectivity index (χ0) is 17.8. The summed E-state index contributed by atoms with van der Waals surface area (Å²) >= 11 is 0. The van der Waals surface area contributed by atoms with Crippen molar-refractivity contribution < 1.29 is 14.9 Å². The van der Waals surface area contributed by atoms with Gasteiger partial charge in [-0.3, -0.25) is 4.57 Å². The van der Waals surface area contributed by atoms with Crippen LogP contribution in [0.5, 0.6) is 0 Å². The van der Waals surface area contributed by atoms with E-state index in [-0.39, 0.29) is 0 Å². The smallest absolute Gasteiger partial charge is 0.167 e. The molecule has 2 saturated carbocycles. The number of terminal acetylenes is 1. The lowest BCUT2D eigenvalue weighted by atomic mass is 9.71. The molecule has 0 amide bonds. The molecule has 2 aliphatic carbocycles. The Morgan fingerprint density at radius 2 is 2.12 bits per heavy atom. The SMILES string of the molecule is C#C[C@H]1OC(n2cnc3c(N[C@H]4C[C@H]5CCC[C@H]54)ncnc32)C(O)[C@@H]1O. The molecule has 3 heterocycles. The number of aliphatic hydroxyl groups is 2. The van der Waals surface area contributed by atoms with Crippen LogP contribution in [0, 0.1) is 24.2 Å². The van der Waals surface area contributed by atoms with Gasteiger partial charge in [0.15, 0.2) is 23.2 Å². The van der Waals surface area contributed by atoms with E-state index in [2.05, 4.69) is 26.2 Å². The molecule has 1 saturated heterocycles. The van der Waals surface area contributed by atoms with Gasteiger partial charge in [0.25, 0.3) is 0 Å². The number of fused-ring (bicyclic) bond motifs is 2. The van der Waals surface area contributed by atoms with Crippen molar-refractivity contribution in [2.75, 3.05) is 5.32 Å². The molecule has 3 N–H and O–H groups in total. The van der Waals surface area contributed by atoms with Crippen LogP contribution in [0.25, 0.3) is 11.2 Å². The Hall–Kier alpha value is -2.21. The average Bonchev–Trinajstić information content (AvgIpc) is 3.30. The van der Waals surface area contributed by atoms with E-state index in [0.29, 0.717) is 23.0 Å². The highest BCUT2D eigenvalue weighted by Gasteiger charge is 2.45. The standard InChI is InChI=1S/C18H21N5O3/c1-2-12-14(24)15(25)18(26-12)23-8-21-13-16(19-7-20-17(13)23)22-11-6-9-4-3-5-10(9)11/h1,7-12,14-15,18,24-25H,3-6H2,(H,19,20,22)/t9-,10-,11+,12-,14-,15?,18?/m1/s1. The lowest BCUT2D eigenvalue weighted by Crippen LogP contribution is -2.43. The van der Waals surface area contributed by atoms with Crippen LogP contribution in [-0.4, -0.2) is 54.1 Å². The van der Waals surface area contributed by atoms with Crippen LogP contribution in [0.1, 0.15) is 31.9 Å². The third kappa shape index (κ3) is 2.24. The molecule has 3 aliphatic rings. The Labute approximate surface area is 150 Å². The van der Waals surface area contributed by atoms with Crippen LogP contribution >= 0.6 is 0 Å². The van der Waals surface area contributed by atoms with Crippen LogP contribution in [-0.2, 0) is 4.74 Å². The first kappa shape index (κ1) is 16.0. The van der Waals surface area contributed by atoms with Gasteiger partial charge in [-0.05, 0) is 24.7 Å². The maximum Gasteiger partial charge on any atom is 0.167 e. The zero-order valence-corrected chi connectivity index (χ0v) is 14.2. The topological polar surface area (TPSA) is 105 Å². The molecule has 1 aliphatic heterocycles. The zero-order valence-electron chi connectivity index (χ0n) is 14.2. The Bertz CT molecular complexity index is 877. The molecule has 0 spiro atoms. The fourth-order valence-corrected chi connectivity index (χ4v) is 4.71. The second kappa shape index (κ2) is 5.91. The summed E-state index contributed by atoms with van der Waals surface area (Å²) in [7, 11) is 0. The third-order valence-corrected chi connectivity index (χ3v) is 6.15. The molecule has 26 heavy (non-hydrogen) atoms. The predicted octanol–water partition coefficient (Wildman–Crippen LogP) is 0.679. The summed E-state index contributed by atoms with van der Waals surface area (Å²) in [5, 5.41) is 23.8. The normalized spacial score (nSPS) is 38.7. The monoisotopic (exact) mass is 355 g/mol. The van der Waals surface area contributed by atoms with E-state index < -0.39 is 24.5 Å². The van der Waals surface area contributed by atoms with Gasteiger partial charge >= 0.3 is 0 Å². The number of imidazole rings is 1. The number of anilines is 1. The first-order valence-corrected chi connectivity index (χ1v) is 9.09. The van der Waals surface area contributed by atoms with E-state index in [0.717, 1.165) is 11.8 Å². The lowest BCUT2D eigenvalue weighted by molar-refractivity contribution is -0.0230. The molecule has 8 nitrogen and oxygen atoms in total. The number of ether oxygens (including phenoxy) is 1. The maximum atomic E-state index is 10.3. The summed E-state index contributed by atoms with van der Waals surface area (Å²) in [6, 6.07) is 0.437. The number of nitrogens with zero attached hydrogens (tertiary/aromatic N) is 4. The largest absolute Gasteiger partial charge is 0.386 e. The van der Waals surface area contributed by atoms with Crippen molar-refractivity contribution in [1.82, 2.24) is 19.5 Å². The van der Waals surface area contributed by atoms with Gasteiger partial charge in [-0.1, -0.05) is 18.8 Å². The molecule has 2 unspecified atom stereocenters. The van der Waals surface area contributed by atoms with Gasteiger partial charge in [-0.2, -0.15) is 0 Å². The van der Waals surface area contributed by atoms with Gasteiger partial charge in [-0.15, -0.1) is 6.42 Å². The van der Waals surface area contributed by atoms with Crippen molar-refractivity contribution in [3.05, 3.63) is 12.7 Å². The Morgan fingerprint density at radius 3 is 2.88 bits per heavy atom. The highest BCUT2D eigenvalue weighted by atomic mass is 16.6. The molecule has 8 heteroatoms. The molecule has 0 bridgehead atoms. The summed E-state index contributed by atoms with van der Waals surface area (Å²) in [5.74, 6) is 4.63. The van der Waals surface area contributed by atoms with Crippen LogP contribution in [0.15, 0.2) is 12.7 Å². The minimum atomic E-state index is -1.15. The number of hydrogen-bond donors (Lipinski definition) is 3. The van der Waals surface area contributed by atoms with E-state index in [1.54, 1.807) is 10.9 Å². The van der Waals surface area contributed by atoms with Gasteiger partial charge in [-0.25, -0.2) is 15.0 Å². The molecule has 7 atom stereocenters. The Balaban J connectivity index is 1.44. The quantitative estimate of drug-likeness (QED) is 0.695. The first-order valence-electron chi connectivity index (χ1n) is 9.09. The molecule has 5 rings (SSSR count). The summed E-state index contributed by atoms with van der Waals surface area (Å²) in [6.07, 6.45) is 9.50. The van der Waals surface area contributed by atoms with Crippen LogP contribution in [0.3, 0.4) is 0 Å². The van der Waals surface area contributed by atoms with E-state index in [9.17, 15) is 10.2 Å². The summed E-state index contributed by atoms with van der Waals surface area (Å²) in [5.41, 5.74) is 1.17. The van der Waals surface area contributed by atoms with E-state index >= 15 is 0 Å². The van der Waals surface area contributed by atoms with Gasteiger partial charge < -0.3 is 20.3 Å². The lowest BCUT2D eigenvalue weighted by Gasteiger charge is -2.41. The van der Waals surface area contributed by atoms with Crippen LogP contribution in [0.2, 0.25) is 0 Å². The van der Waals surface area contributed by atoms with Crippen LogP contribution < -0.4 is 5.32 Å². The molecular formula is C18H21N5O3. The third-order valence-electron chi connectivity index (χ3n) is 6.15. The van der Waals surface area contributed by atoms with Crippen molar-refractivity contribution >= 4 is 17.0 Å². The Kier molecular flexibility index (Phi) is 3.64. The second-order valence-corrected chi connectivity index (χ2v) is 7.48. The summed E-state index contributed by atoms with van der Waals surface area (Å²) < 4.78 is 7.21. The molecular weight excluding hydrogens is 334 g/mol. The molecule has 136 valence electrons. The van der Waals surface area contributed by atoms with E-state index in [1.807, 2.05) is 0 Å². The van der Waals surface area contributed by atoms with Gasteiger partial charge in [0, 0.05) is 6.04 Å². The second-order valence-electron chi connectivity index (χ2n) is 7.48. The van der Waals surface area contributed by atoms with Gasteiger partial charge in [0.2, 0.25) is 0 Å². The maximum absolute atomic E-state index is 10.3. The summed E-state index contributed by atoms with van der Waals surface area (Å²) in [6.45, 7) is 0. The predicted molar refractivity (Wildman–Crippen MR) is 92.9 cm³/mol. The number of aromatic nitrogens is 4. The minimum Gasteiger partial charge on any atom is -0.386 e. The molecule has 0 radical (unpaired) electrons. The number of hydrogen-bond acceptors (Lipinski definition) is 7. The fourth-order valence-electron chi connectivity index (χ4n) is 4.71. The van der Waals surface area contributed by atoms with Crippen molar-refractivity contribution in [3.8, 4) is 12.3 Å². The van der Waals surface area contributed by atoms with Crippen molar-refractivity contribution in [1.29, 1.82) is 0 Å². The van der Waals surface area contributed by atoms with Gasteiger partial charge in [0.05, 0.1) is 6.33 Å². The molecule has 2 aromatic rings. The minimum absolute atomic E-state index is 0.437. The first-order chi connectivity index (χ1) is 12.7. The highest BCUT2D eigenvalue weighted by Crippen LogP contribution is 2.48. The van der Waals surface area contributed by atoms with E-state index in [1.165, 1.54) is 32.0 Å². The number of aliphatic hydroxyl groups excluding tert-OH is 2. The molecule has 0 aromatic carbocycles. The van der Waals surface area contributed by atoms with Crippen molar-refractivity contribution in [2.45, 2.75) is 56.3 Å². The van der Waals surface area contributed by atoms with Gasteiger partial charge in [0.1, 0.15) is 24.6 Å². The van der Waals surface area contributed by atoms with Crippen LogP contribution in [0.4, 0.5) is 5.82 Å². The molecule has 3 fully saturated rings. The molecule has 2 aromatic heterocycles. The van der Waals surface area contributed by atoms with Crippen molar-refractivity contribution in [2.24, 2.45) is 11.8 Å². The number of rotatable bonds is 3.